The summed E-state index contributed by atoms with van der Waals surface area (Å²) in [5.74, 6) is 1.09. The van der Waals surface area contributed by atoms with Crippen molar-refractivity contribution in [2.24, 2.45) is 12.8 Å². The number of imidazole rings is 1. The zero-order valence-corrected chi connectivity index (χ0v) is 10.1. The van der Waals surface area contributed by atoms with Gasteiger partial charge in [-0.3, -0.25) is 4.98 Å². The molecular formula is C13H18N4. The van der Waals surface area contributed by atoms with Crippen molar-refractivity contribution in [2.45, 2.75) is 25.3 Å². The van der Waals surface area contributed by atoms with Gasteiger partial charge in [-0.25, -0.2) is 4.98 Å². The molecule has 2 aromatic heterocycles. The first-order valence-corrected chi connectivity index (χ1v) is 5.86. The number of hydrogen-bond donors (Lipinski definition) is 1. The van der Waals surface area contributed by atoms with Crippen LogP contribution in [0, 0.1) is 0 Å². The third-order valence-electron chi connectivity index (χ3n) is 2.88. The summed E-state index contributed by atoms with van der Waals surface area (Å²) >= 11 is 0. The van der Waals surface area contributed by atoms with Gasteiger partial charge in [-0.2, -0.15) is 0 Å². The highest BCUT2D eigenvalue weighted by molar-refractivity contribution is 5.10. The lowest BCUT2D eigenvalue weighted by Gasteiger charge is -2.11. The van der Waals surface area contributed by atoms with Crippen LogP contribution in [0.2, 0.25) is 0 Å². The van der Waals surface area contributed by atoms with Gasteiger partial charge in [-0.05, 0) is 24.5 Å². The standard InChI is InChI=1S/C13H18N4/c1-17-8-7-16-13(17)5-4-12(14)9-11-3-2-6-15-10-11/h2-3,6-8,10,12H,4-5,9,14H2,1H3. The maximum absolute atomic E-state index is 6.11. The minimum absolute atomic E-state index is 0.163. The molecule has 0 aliphatic carbocycles. The van der Waals surface area contributed by atoms with Gasteiger partial charge in [0.05, 0.1) is 0 Å². The van der Waals surface area contributed by atoms with Crippen LogP contribution in [0.1, 0.15) is 17.8 Å². The number of rotatable bonds is 5. The van der Waals surface area contributed by atoms with Gasteiger partial charge in [0.15, 0.2) is 0 Å². The van der Waals surface area contributed by atoms with Gasteiger partial charge in [-0.15, -0.1) is 0 Å². The molecule has 0 aromatic carbocycles. The van der Waals surface area contributed by atoms with Gasteiger partial charge in [-0.1, -0.05) is 6.07 Å². The molecule has 0 bridgehead atoms. The van der Waals surface area contributed by atoms with Crippen molar-refractivity contribution in [2.75, 3.05) is 0 Å². The SMILES string of the molecule is Cn1ccnc1CCC(N)Cc1cccnc1. The third kappa shape index (κ3) is 3.39. The molecule has 2 rings (SSSR count). The molecule has 2 heterocycles. The smallest absolute Gasteiger partial charge is 0.108 e. The minimum Gasteiger partial charge on any atom is -0.338 e. The zero-order chi connectivity index (χ0) is 12.1. The molecule has 0 aliphatic heterocycles. The van der Waals surface area contributed by atoms with E-state index in [1.807, 2.05) is 36.3 Å². The normalized spacial score (nSPS) is 12.6. The third-order valence-corrected chi connectivity index (χ3v) is 2.88. The van der Waals surface area contributed by atoms with Crippen molar-refractivity contribution in [3.05, 3.63) is 48.3 Å². The maximum atomic E-state index is 6.11. The molecule has 0 amide bonds. The van der Waals surface area contributed by atoms with Gasteiger partial charge in [0.2, 0.25) is 0 Å². The van der Waals surface area contributed by atoms with Gasteiger partial charge < -0.3 is 10.3 Å². The van der Waals surface area contributed by atoms with Crippen LogP contribution in [-0.2, 0) is 19.9 Å². The van der Waals surface area contributed by atoms with E-state index in [4.69, 9.17) is 5.73 Å². The number of hydrogen-bond acceptors (Lipinski definition) is 3. The lowest BCUT2D eigenvalue weighted by molar-refractivity contribution is 0.588. The van der Waals surface area contributed by atoms with Crippen LogP contribution in [0.15, 0.2) is 36.9 Å². The van der Waals surface area contributed by atoms with Crippen molar-refractivity contribution in [3.63, 3.8) is 0 Å². The van der Waals surface area contributed by atoms with E-state index in [2.05, 4.69) is 16.0 Å². The molecule has 0 saturated heterocycles. The van der Waals surface area contributed by atoms with Crippen LogP contribution in [-0.4, -0.2) is 20.6 Å². The van der Waals surface area contributed by atoms with Crippen LogP contribution in [0.25, 0.3) is 0 Å². The summed E-state index contributed by atoms with van der Waals surface area (Å²) < 4.78 is 2.04. The van der Waals surface area contributed by atoms with E-state index in [0.717, 1.165) is 25.1 Å². The second-order valence-electron chi connectivity index (χ2n) is 4.32. The van der Waals surface area contributed by atoms with Crippen molar-refractivity contribution in [3.8, 4) is 0 Å². The summed E-state index contributed by atoms with van der Waals surface area (Å²) in [5.41, 5.74) is 7.30. The van der Waals surface area contributed by atoms with Crippen molar-refractivity contribution < 1.29 is 0 Å². The fourth-order valence-corrected chi connectivity index (χ4v) is 1.88. The summed E-state index contributed by atoms with van der Waals surface area (Å²) in [6.45, 7) is 0. The lowest BCUT2D eigenvalue weighted by Crippen LogP contribution is -2.24. The number of nitrogens with zero attached hydrogens (tertiary/aromatic N) is 3. The first kappa shape index (κ1) is 11.8. The van der Waals surface area contributed by atoms with E-state index in [-0.39, 0.29) is 6.04 Å². The van der Waals surface area contributed by atoms with Crippen LogP contribution >= 0.6 is 0 Å². The Morgan fingerprint density at radius 1 is 1.41 bits per heavy atom. The van der Waals surface area contributed by atoms with Gasteiger partial charge >= 0.3 is 0 Å². The Hall–Kier alpha value is -1.68. The van der Waals surface area contributed by atoms with Gasteiger partial charge in [0.1, 0.15) is 5.82 Å². The average Bonchev–Trinajstić information content (AvgIpc) is 2.74. The van der Waals surface area contributed by atoms with Crippen molar-refractivity contribution >= 4 is 0 Å². The monoisotopic (exact) mass is 230 g/mol. The fourth-order valence-electron chi connectivity index (χ4n) is 1.88. The molecule has 1 unspecified atom stereocenters. The highest BCUT2D eigenvalue weighted by Crippen LogP contribution is 2.06. The molecule has 1 atom stereocenters. The van der Waals surface area contributed by atoms with Crippen LogP contribution in [0.5, 0.6) is 0 Å². The number of aryl methyl sites for hydroxylation is 2. The van der Waals surface area contributed by atoms with E-state index in [0.29, 0.717) is 0 Å². The van der Waals surface area contributed by atoms with E-state index in [9.17, 15) is 0 Å². The van der Waals surface area contributed by atoms with Gasteiger partial charge in [0, 0.05) is 44.3 Å². The molecule has 0 fully saturated rings. The maximum Gasteiger partial charge on any atom is 0.108 e. The Bertz CT molecular complexity index is 449. The molecule has 90 valence electrons. The molecule has 4 heteroatoms. The Morgan fingerprint density at radius 2 is 2.29 bits per heavy atom. The summed E-state index contributed by atoms with van der Waals surface area (Å²) in [4.78, 5) is 8.38. The lowest BCUT2D eigenvalue weighted by atomic mass is 10.0. The van der Waals surface area contributed by atoms with E-state index >= 15 is 0 Å². The second-order valence-corrected chi connectivity index (χ2v) is 4.32. The quantitative estimate of drug-likeness (QED) is 0.842. The largest absolute Gasteiger partial charge is 0.338 e. The number of pyridine rings is 1. The van der Waals surface area contributed by atoms with Crippen LogP contribution in [0.3, 0.4) is 0 Å². The van der Waals surface area contributed by atoms with Crippen molar-refractivity contribution in [1.82, 2.24) is 14.5 Å². The minimum atomic E-state index is 0.163. The van der Waals surface area contributed by atoms with Crippen molar-refractivity contribution in [1.29, 1.82) is 0 Å². The summed E-state index contributed by atoms with van der Waals surface area (Å²) in [7, 11) is 2.01. The Morgan fingerprint density at radius 3 is 2.94 bits per heavy atom. The molecule has 2 aromatic rings. The highest BCUT2D eigenvalue weighted by atomic mass is 15.0. The Kier molecular flexibility index (Phi) is 3.88. The second kappa shape index (κ2) is 5.59. The molecule has 0 aliphatic rings. The molecule has 4 nitrogen and oxygen atoms in total. The number of aromatic nitrogens is 3. The van der Waals surface area contributed by atoms with E-state index < -0.39 is 0 Å². The van der Waals surface area contributed by atoms with Gasteiger partial charge in [0.25, 0.3) is 0 Å². The average molecular weight is 230 g/mol. The van der Waals surface area contributed by atoms with Crippen LogP contribution < -0.4 is 5.73 Å². The highest BCUT2D eigenvalue weighted by Gasteiger charge is 2.06. The first-order chi connectivity index (χ1) is 8.25. The first-order valence-electron chi connectivity index (χ1n) is 5.86. The van der Waals surface area contributed by atoms with E-state index in [1.165, 1.54) is 5.56 Å². The van der Waals surface area contributed by atoms with E-state index in [1.54, 1.807) is 6.20 Å². The Balaban J connectivity index is 1.82. The number of nitrogens with two attached hydrogens (primary N) is 1. The molecule has 0 spiro atoms. The summed E-state index contributed by atoms with van der Waals surface area (Å²) in [5, 5.41) is 0. The molecule has 17 heavy (non-hydrogen) atoms. The molecule has 0 saturated carbocycles. The topological polar surface area (TPSA) is 56.7 Å². The predicted molar refractivity (Wildman–Crippen MR) is 67.4 cm³/mol. The zero-order valence-electron chi connectivity index (χ0n) is 10.1. The summed E-state index contributed by atoms with van der Waals surface area (Å²) in [6, 6.07) is 4.17. The molecule has 2 N–H and O–H groups in total. The Labute approximate surface area is 102 Å². The predicted octanol–water partition coefficient (Wildman–Crippen LogP) is 1.32. The fraction of sp³-hybridized carbons (Fsp3) is 0.385. The molecular weight excluding hydrogens is 212 g/mol. The summed E-state index contributed by atoms with van der Waals surface area (Å²) in [6.07, 6.45) is 10.2. The van der Waals surface area contributed by atoms with Crippen LogP contribution in [0.4, 0.5) is 0 Å². The molecule has 0 radical (unpaired) electrons.